The fourth-order valence-electron chi connectivity index (χ4n) is 2.37. The minimum atomic E-state index is -1.29. The fraction of sp³-hybridized carbons (Fsp3) is 0.200. The quantitative estimate of drug-likeness (QED) is 0.336. The smallest absolute Gasteiger partial charge is 0.201 e. The third kappa shape index (κ3) is 4.10. The molecule has 0 heterocycles. The Hall–Kier alpha value is -2.56. The molecule has 25 heavy (non-hydrogen) atoms. The van der Waals surface area contributed by atoms with Crippen molar-refractivity contribution in [2.45, 2.75) is 26.7 Å². The van der Waals surface area contributed by atoms with Gasteiger partial charge in [-0.2, -0.15) is 4.39 Å². The zero-order valence-corrected chi connectivity index (χ0v) is 14.0. The molecule has 0 N–H and O–H groups in total. The normalized spacial score (nSPS) is 11.6. The maximum atomic E-state index is 14.3. The second kappa shape index (κ2) is 8.51. The second-order valence-corrected chi connectivity index (χ2v) is 5.33. The van der Waals surface area contributed by atoms with Crippen molar-refractivity contribution in [2.24, 2.45) is 0 Å². The second-order valence-electron chi connectivity index (χ2n) is 5.33. The third-order valence-corrected chi connectivity index (χ3v) is 3.65. The SMILES string of the molecule is CC=CCCc1ccc(-c2ccc(OC=CC)c(F)c2F)c(F)c1F. The van der Waals surface area contributed by atoms with E-state index in [1.165, 1.54) is 30.5 Å². The highest BCUT2D eigenvalue weighted by molar-refractivity contribution is 5.66. The van der Waals surface area contributed by atoms with E-state index in [1.54, 1.807) is 6.92 Å². The standard InChI is InChI=1S/C20H18F4O/c1-3-5-6-7-13-8-9-14(18(22)17(13)21)15-10-11-16(25-12-4-2)20(24)19(15)23/h3-5,8-12H,6-7H2,1-2H3. The first-order valence-electron chi connectivity index (χ1n) is 7.85. The van der Waals surface area contributed by atoms with Crippen LogP contribution in [0.25, 0.3) is 11.1 Å². The monoisotopic (exact) mass is 350 g/mol. The van der Waals surface area contributed by atoms with Crippen molar-refractivity contribution in [3.8, 4) is 16.9 Å². The lowest BCUT2D eigenvalue weighted by Gasteiger charge is -2.11. The molecule has 5 heteroatoms. The summed E-state index contributed by atoms with van der Waals surface area (Å²) < 4.78 is 61.8. The Morgan fingerprint density at radius 1 is 0.800 bits per heavy atom. The van der Waals surface area contributed by atoms with Crippen molar-refractivity contribution < 1.29 is 22.3 Å². The summed E-state index contributed by atoms with van der Waals surface area (Å²) in [6, 6.07) is 4.98. The van der Waals surface area contributed by atoms with Crippen molar-refractivity contribution >= 4 is 0 Å². The minimum absolute atomic E-state index is 0.188. The maximum Gasteiger partial charge on any atom is 0.201 e. The van der Waals surface area contributed by atoms with Gasteiger partial charge in [0, 0.05) is 11.1 Å². The predicted octanol–water partition coefficient (Wildman–Crippen LogP) is 6.33. The van der Waals surface area contributed by atoms with Gasteiger partial charge in [-0.05, 0) is 44.4 Å². The van der Waals surface area contributed by atoms with Crippen LogP contribution < -0.4 is 4.74 Å². The molecule has 0 aliphatic heterocycles. The zero-order valence-electron chi connectivity index (χ0n) is 14.0. The number of benzene rings is 2. The summed E-state index contributed by atoms with van der Waals surface area (Å²) in [6.07, 6.45) is 7.23. The zero-order chi connectivity index (χ0) is 18.4. The molecule has 0 atom stereocenters. The largest absolute Gasteiger partial charge is 0.462 e. The molecule has 0 aliphatic carbocycles. The number of hydrogen-bond donors (Lipinski definition) is 0. The van der Waals surface area contributed by atoms with Gasteiger partial charge in [-0.15, -0.1) is 0 Å². The summed E-state index contributed by atoms with van der Waals surface area (Å²) >= 11 is 0. The summed E-state index contributed by atoms with van der Waals surface area (Å²) in [5, 5.41) is 0. The molecule has 0 unspecified atom stereocenters. The topological polar surface area (TPSA) is 9.23 Å². The number of ether oxygens (including phenoxy) is 1. The van der Waals surface area contributed by atoms with Gasteiger partial charge in [0.15, 0.2) is 23.2 Å². The van der Waals surface area contributed by atoms with Crippen LogP contribution in [0.1, 0.15) is 25.8 Å². The Bertz CT molecular complexity index is 810. The lowest BCUT2D eigenvalue weighted by molar-refractivity contribution is 0.415. The Morgan fingerprint density at radius 3 is 2.08 bits per heavy atom. The number of aryl methyl sites for hydroxylation is 1. The van der Waals surface area contributed by atoms with E-state index in [9.17, 15) is 17.6 Å². The van der Waals surface area contributed by atoms with Gasteiger partial charge in [0.2, 0.25) is 5.82 Å². The van der Waals surface area contributed by atoms with Crippen molar-refractivity contribution in [1.29, 1.82) is 0 Å². The highest BCUT2D eigenvalue weighted by Gasteiger charge is 2.21. The molecule has 0 aromatic heterocycles. The summed E-state index contributed by atoms with van der Waals surface area (Å²) in [4.78, 5) is 0. The van der Waals surface area contributed by atoms with Gasteiger partial charge in [-0.1, -0.05) is 30.4 Å². The first-order chi connectivity index (χ1) is 12.0. The summed E-state index contributed by atoms with van der Waals surface area (Å²) in [7, 11) is 0. The first-order valence-corrected chi connectivity index (χ1v) is 7.85. The van der Waals surface area contributed by atoms with Crippen LogP contribution in [-0.2, 0) is 6.42 Å². The van der Waals surface area contributed by atoms with E-state index in [1.807, 2.05) is 19.1 Å². The van der Waals surface area contributed by atoms with Gasteiger partial charge in [0.25, 0.3) is 0 Å². The Kier molecular flexibility index (Phi) is 6.39. The third-order valence-electron chi connectivity index (χ3n) is 3.65. The molecule has 132 valence electrons. The summed E-state index contributed by atoms with van der Waals surface area (Å²) in [6.45, 7) is 3.49. The van der Waals surface area contributed by atoms with E-state index >= 15 is 0 Å². The number of hydrogen-bond acceptors (Lipinski definition) is 1. The number of halogens is 4. The Labute approximate surface area is 144 Å². The molecule has 1 nitrogen and oxygen atoms in total. The van der Waals surface area contributed by atoms with Crippen LogP contribution in [0.15, 0.2) is 48.8 Å². The van der Waals surface area contributed by atoms with Crippen molar-refractivity contribution in [1.82, 2.24) is 0 Å². The Morgan fingerprint density at radius 2 is 1.44 bits per heavy atom. The molecule has 0 fully saturated rings. The van der Waals surface area contributed by atoms with E-state index in [0.29, 0.717) is 12.8 Å². The molecule has 0 amide bonds. The fourth-order valence-corrected chi connectivity index (χ4v) is 2.37. The number of rotatable bonds is 6. The van der Waals surface area contributed by atoms with Crippen molar-refractivity contribution in [2.75, 3.05) is 0 Å². The molecule has 0 bridgehead atoms. The highest BCUT2D eigenvalue weighted by atomic mass is 19.2. The van der Waals surface area contributed by atoms with Crippen LogP contribution in [0.2, 0.25) is 0 Å². The highest BCUT2D eigenvalue weighted by Crippen LogP contribution is 2.33. The van der Waals surface area contributed by atoms with Crippen LogP contribution in [-0.4, -0.2) is 0 Å². The van der Waals surface area contributed by atoms with E-state index in [4.69, 9.17) is 4.74 Å². The molecule has 2 aromatic rings. The average molecular weight is 350 g/mol. The van der Waals surface area contributed by atoms with Crippen molar-refractivity contribution in [3.05, 3.63) is 77.6 Å². The molecule has 0 aliphatic rings. The van der Waals surface area contributed by atoms with Crippen LogP contribution in [0.5, 0.6) is 5.75 Å². The van der Waals surface area contributed by atoms with Gasteiger partial charge < -0.3 is 4.74 Å². The summed E-state index contributed by atoms with van der Waals surface area (Å²) in [5.41, 5.74) is -0.503. The first kappa shape index (κ1) is 18.8. The van der Waals surface area contributed by atoms with Gasteiger partial charge >= 0.3 is 0 Å². The molecule has 2 rings (SSSR count). The van der Waals surface area contributed by atoms with Gasteiger partial charge in [-0.25, -0.2) is 13.2 Å². The van der Waals surface area contributed by atoms with Crippen molar-refractivity contribution in [3.63, 3.8) is 0 Å². The molecule has 0 radical (unpaired) electrons. The average Bonchev–Trinajstić information content (AvgIpc) is 2.61. The van der Waals surface area contributed by atoms with E-state index in [-0.39, 0.29) is 22.4 Å². The lowest BCUT2D eigenvalue weighted by Crippen LogP contribution is -2.00. The molecule has 0 spiro atoms. The van der Waals surface area contributed by atoms with Crippen LogP contribution in [0.4, 0.5) is 17.6 Å². The van der Waals surface area contributed by atoms with Gasteiger partial charge in [0.1, 0.15) is 0 Å². The molecule has 0 saturated heterocycles. The van der Waals surface area contributed by atoms with E-state index in [0.717, 1.165) is 6.07 Å². The number of allylic oxidation sites excluding steroid dienone is 3. The van der Waals surface area contributed by atoms with E-state index < -0.39 is 23.3 Å². The van der Waals surface area contributed by atoms with Crippen LogP contribution >= 0.6 is 0 Å². The molecule has 2 aromatic carbocycles. The lowest BCUT2D eigenvalue weighted by atomic mass is 9.99. The van der Waals surface area contributed by atoms with Gasteiger partial charge in [-0.3, -0.25) is 0 Å². The predicted molar refractivity (Wildman–Crippen MR) is 90.3 cm³/mol. The summed E-state index contributed by atoms with van der Waals surface area (Å²) in [5.74, 6) is -5.12. The molecular formula is C20H18F4O. The molecule has 0 saturated carbocycles. The van der Waals surface area contributed by atoms with Crippen LogP contribution in [0, 0.1) is 23.3 Å². The molecular weight excluding hydrogens is 332 g/mol. The maximum absolute atomic E-state index is 14.3. The Balaban J connectivity index is 2.42. The minimum Gasteiger partial charge on any atom is -0.462 e. The van der Waals surface area contributed by atoms with Crippen LogP contribution in [0.3, 0.4) is 0 Å². The van der Waals surface area contributed by atoms with Gasteiger partial charge in [0.05, 0.1) is 6.26 Å². The van der Waals surface area contributed by atoms with E-state index in [2.05, 4.69) is 0 Å².